The van der Waals surface area contributed by atoms with Gasteiger partial charge in [0.1, 0.15) is 0 Å². The molecule has 5 heteroatoms. The van der Waals surface area contributed by atoms with Gasteiger partial charge in [0.2, 0.25) is 5.91 Å². The van der Waals surface area contributed by atoms with Gasteiger partial charge in [0.05, 0.1) is 5.75 Å². The molecular formula is C19H29N3OS. The zero-order valence-corrected chi connectivity index (χ0v) is 15.7. The standard InChI is InChI=1S/C19H29N3OS/c1-16-5-3-4-6-17(16)14-24-15-19(23)22-8-7-18(13-22)21-11-9-20(2)10-12-21/h3-6,18H,7-15H2,1-2H3. The Labute approximate surface area is 150 Å². The third-order valence-corrected chi connectivity index (χ3v) is 6.28. The topological polar surface area (TPSA) is 26.8 Å². The molecule has 0 N–H and O–H groups in total. The van der Waals surface area contributed by atoms with Crippen LogP contribution in [0.2, 0.25) is 0 Å². The van der Waals surface area contributed by atoms with E-state index in [0.29, 0.717) is 17.7 Å². The van der Waals surface area contributed by atoms with E-state index in [2.05, 4.69) is 52.9 Å². The molecule has 3 rings (SSSR count). The van der Waals surface area contributed by atoms with Gasteiger partial charge in [0, 0.05) is 51.1 Å². The molecule has 2 heterocycles. The van der Waals surface area contributed by atoms with E-state index in [1.807, 2.05) is 0 Å². The Morgan fingerprint density at radius 3 is 2.67 bits per heavy atom. The minimum atomic E-state index is 0.310. The first-order valence-corrected chi connectivity index (χ1v) is 10.1. The van der Waals surface area contributed by atoms with Crippen LogP contribution in [0.4, 0.5) is 0 Å². The van der Waals surface area contributed by atoms with Crippen LogP contribution in [-0.4, -0.2) is 78.7 Å². The number of thioether (sulfide) groups is 1. The number of carbonyl (C=O) groups excluding carboxylic acids is 1. The number of rotatable bonds is 5. The Morgan fingerprint density at radius 1 is 1.17 bits per heavy atom. The maximum atomic E-state index is 12.5. The second kappa shape index (κ2) is 8.37. The van der Waals surface area contributed by atoms with Crippen LogP contribution in [0.25, 0.3) is 0 Å². The second-order valence-electron chi connectivity index (χ2n) is 7.04. The molecule has 1 unspecified atom stereocenters. The van der Waals surface area contributed by atoms with E-state index in [9.17, 15) is 4.79 Å². The predicted octanol–water partition coefficient (Wildman–Crippen LogP) is 2.08. The van der Waals surface area contributed by atoms with E-state index >= 15 is 0 Å². The van der Waals surface area contributed by atoms with Crippen molar-refractivity contribution < 1.29 is 4.79 Å². The van der Waals surface area contributed by atoms with Crippen LogP contribution in [0.5, 0.6) is 0 Å². The maximum Gasteiger partial charge on any atom is 0.232 e. The Hall–Kier alpha value is -1.04. The summed E-state index contributed by atoms with van der Waals surface area (Å²) in [6.07, 6.45) is 1.14. The maximum absolute atomic E-state index is 12.5. The minimum Gasteiger partial charge on any atom is -0.340 e. The number of amides is 1. The van der Waals surface area contributed by atoms with E-state index in [0.717, 1.165) is 51.4 Å². The third kappa shape index (κ3) is 4.52. The van der Waals surface area contributed by atoms with E-state index < -0.39 is 0 Å². The number of aryl methyl sites for hydroxylation is 1. The molecule has 132 valence electrons. The fourth-order valence-corrected chi connectivity index (χ4v) is 4.57. The quantitative estimate of drug-likeness (QED) is 0.815. The van der Waals surface area contributed by atoms with E-state index in [-0.39, 0.29) is 0 Å². The van der Waals surface area contributed by atoms with Gasteiger partial charge in [-0.25, -0.2) is 0 Å². The summed E-state index contributed by atoms with van der Waals surface area (Å²) >= 11 is 1.74. The molecule has 2 aliphatic rings. The number of likely N-dealkylation sites (N-methyl/N-ethyl adjacent to an activating group) is 1. The molecule has 24 heavy (non-hydrogen) atoms. The Morgan fingerprint density at radius 2 is 1.92 bits per heavy atom. The van der Waals surface area contributed by atoms with E-state index in [4.69, 9.17) is 0 Å². The smallest absolute Gasteiger partial charge is 0.232 e. The molecule has 2 aliphatic heterocycles. The average molecular weight is 348 g/mol. The van der Waals surface area contributed by atoms with Gasteiger partial charge in [0.25, 0.3) is 0 Å². The first-order valence-electron chi connectivity index (χ1n) is 8.96. The number of likely N-dealkylation sites (tertiary alicyclic amines) is 1. The minimum absolute atomic E-state index is 0.310. The zero-order chi connectivity index (χ0) is 16.9. The summed E-state index contributed by atoms with van der Waals surface area (Å²) in [5, 5.41) is 0. The number of hydrogen-bond acceptors (Lipinski definition) is 4. The van der Waals surface area contributed by atoms with Gasteiger partial charge in [-0.05, 0) is 31.5 Å². The highest BCUT2D eigenvalue weighted by molar-refractivity contribution is 7.99. The van der Waals surface area contributed by atoms with Gasteiger partial charge < -0.3 is 9.80 Å². The van der Waals surface area contributed by atoms with Crippen molar-refractivity contribution in [3.8, 4) is 0 Å². The SMILES string of the molecule is Cc1ccccc1CSCC(=O)N1CCC(N2CCN(C)CC2)C1. The van der Waals surface area contributed by atoms with Crippen LogP contribution in [0.15, 0.2) is 24.3 Å². The summed E-state index contributed by atoms with van der Waals surface area (Å²) in [5.74, 6) is 1.84. The van der Waals surface area contributed by atoms with Crippen molar-refractivity contribution in [2.24, 2.45) is 0 Å². The summed E-state index contributed by atoms with van der Waals surface area (Å²) < 4.78 is 0. The highest BCUT2D eigenvalue weighted by atomic mass is 32.2. The van der Waals surface area contributed by atoms with Crippen LogP contribution in [0, 0.1) is 6.92 Å². The first kappa shape index (κ1) is 17.8. The van der Waals surface area contributed by atoms with Crippen molar-refractivity contribution in [1.82, 2.24) is 14.7 Å². The molecular weight excluding hydrogens is 318 g/mol. The zero-order valence-electron chi connectivity index (χ0n) is 14.9. The molecule has 2 saturated heterocycles. The summed E-state index contributed by atoms with van der Waals surface area (Å²) in [7, 11) is 2.19. The predicted molar refractivity (Wildman–Crippen MR) is 101 cm³/mol. The Bertz CT molecular complexity index is 557. The Kier molecular flexibility index (Phi) is 6.19. The normalized spacial score (nSPS) is 22.9. The molecule has 1 atom stereocenters. The third-order valence-electron chi connectivity index (χ3n) is 5.31. The van der Waals surface area contributed by atoms with Gasteiger partial charge in [-0.1, -0.05) is 24.3 Å². The van der Waals surface area contributed by atoms with E-state index in [1.54, 1.807) is 11.8 Å². The van der Waals surface area contributed by atoms with E-state index in [1.165, 1.54) is 11.1 Å². The van der Waals surface area contributed by atoms with Gasteiger partial charge >= 0.3 is 0 Å². The van der Waals surface area contributed by atoms with Gasteiger partial charge in [-0.3, -0.25) is 9.69 Å². The van der Waals surface area contributed by atoms with Crippen molar-refractivity contribution in [1.29, 1.82) is 0 Å². The number of hydrogen-bond donors (Lipinski definition) is 0. The fraction of sp³-hybridized carbons (Fsp3) is 0.632. The highest BCUT2D eigenvalue weighted by Crippen LogP contribution is 2.20. The number of piperazine rings is 1. The molecule has 0 saturated carbocycles. The van der Waals surface area contributed by atoms with Crippen LogP contribution >= 0.6 is 11.8 Å². The Balaban J connectivity index is 1.41. The summed E-state index contributed by atoms with van der Waals surface area (Å²) in [4.78, 5) is 19.5. The van der Waals surface area contributed by atoms with Crippen LogP contribution in [0.3, 0.4) is 0 Å². The molecule has 1 aromatic rings. The van der Waals surface area contributed by atoms with Crippen LogP contribution < -0.4 is 0 Å². The van der Waals surface area contributed by atoms with Gasteiger partial charge in [-0.2, -0.15) is 0 Å². The summed E-state index contributed by atoms with van der Waals surface area (Å²) in [5.41, 5.74) is 2.65. The number of nitrogens with zero attached hydrogens (tertiary/aromatic N) is 3. The van der Waals surface area contributed by atoms with Crippen molar-refractivity contribution in [2.45, 2.75) is 25.1 Å². The fourth-order valence-electron chi connectivity index (χ4n) is 3.57. The number of benzene rings is 1. The molecule has 0 aliphatic carbocycles. The van der Waals surface area contributed by atoms with Crippen LogP contribution in [-0.2, 0) is 10.5 Å². The van der Waals surface area contributed by atoms with Crippen molar-refractivity contribution in [3.63, 3.8) is 0 Å². The first-order chi connectivity index (χ1) is 11.6. The lowest BCUT2D eigenvalue weighted by molar-refractivity contribution is -0.127. The molecule has 2 fully saturated rings. The summed E-state index contributed by atoms with van der Waals surface area (Å²) in [6.45, 7) is 8.58. The van der Waals surface area contributed by atoms with Crippen molar-refractivity contribution in [2.75, 3.05) is 52.1 Å². The highest BCUT2D eigenvalue weighted by Gasteiger charge is 2.31. The lowest BCUT2D eigenvalue weighted by Crippen LogP contribution is -2.50. The monoisotopic (exact) mass is 347 g/mol. The number of carbonyl (C=O) groups is 1. The average Bonchev–Trinajstić information content (AvgIpc) is 3.07. The molecule has 0 aromatic heterocycles. The molecule has 4 nitrogen and oxygen atoms in total. The van der Waals surface area contributed by atoms with Crippen LogP contribution in [0.1, 0.15) is 17.5 Å². The lowest BCUT2D eigenvalue weighted by atomic mass is 10.1. The summed E-state index contributed by atoms with van der Waals surface area (Å²) in [6, 6.07) is 9.01. The lowest BCUT2D eigenvalue weighted by Gasteiger charge is -2.36. The molecule has 0 radical (unpaired) electrons. The molecule has 1 amide bonds. The van der Waals surface area contributed by atoms with Gasteiger partial charge in [0.15, 0.2) is 0 Å². The molecule has 1 aromatic carbocycles. The molecule has 0 bridgehead atoms. The molecule has 0 spiro atoms. The van der Waals surface area contributed by atoms with Crippen molar-refractivity contribution >= 4 is 17.7 Å². The second-order valence-corrected chi connectivity index (χ2v) is 8.03. The van der Waals surface area contributed by atoms with Crippen molar-refractivity contribution in [3.05, 3.63) is 35.4 Å². The van der Waals surface area contributed by atoms with Gasteiger partial charge in [-0.15, -0.1) is 11.8 Å². The largest absolute Gasteiger partial charge is 0.340 e.